The van der Waals surface area contributed by atoms with Gasteiger partial charge >= 0.3 is 5.97 Å². The summed E-state index contributed by atoms with van der Waals surface area (Å²) in [4.78, 5) is 19.4. The standard InChI is InChI=1S/C22H28N2O4/c1-12(25)17-8-13-10-22(21(26)28-3)19-16(6-7-24(11-13)20(17)22)15-5-4-14(27-2)9-18(15)23-19/h4-5,9,12-13,17,20,23,25H,6-8,10-11H2,1-3H3/t12-,13-,17+,20-,22+/m0/s1. The Hall–Kier alpha value is -2.05. The molecule has 1 aromatic heterocycles. The maximum Gasteiger partial charge on any atom is 0.319 e. The van der Waals surface area contributed by atoms with Crippen LogP contribution >= 0.6 is 0 Å². The van der Waals surface area contributed by atoms with Crippen LogP contribution in [-0.4, -0.2) is 60.4 Å². The highest BCUT2D eigenvalue weighted by Crippen LogP contribution is 2.55. The number of carbonyl (C=O) groups is 1. The second-order valence-corrected chi connectivity index (χ2v) is 8.75. The lowest BCUT2D eigenvalue weighted by Gasteiger charge is -2.58. The number of carbonyl (C=O) groups excluding carboxylic acids is 1. The Morgan fingerprint density at radius 3 is 2.93 bits per heavy atom. The van der Waals surface area contributed by atoms with Gasteiger partial charge in [0.2, 0.25) is 0 Å². The third kappa shape index (κ3) is 2.25. The molecular formula is C22H28N2O4. The summed E-state index contributed by atoms with van der Waals surface area (Å²) in [5, 5.41) is 11.7. The molecule has 4 aliphatic rings. The summed E-state index contributed by atoms with van der Waals surface area (Å²) in [6.07, 6.45) is 2.18. The van der Waals surface area contributed by atoms with Crippen LogP contribution in [0.2, 0.25) is 0 Å². The van der Waals surface area contributed by atoms with Crippen LogP contribution in [0.25, 0.3) is 10.9 Å². The van der Waals surface area contributed by atoms with E-state index in [2.05, 4.69) is 16.0 Å². The molecule has 6 rings (SSSR count). The van der Waals surface area contributed by atoms with Crippen molar-refractivity contribution in [1.29, 1.82) is 0 Å². The zero-order valence-corrected chi connectivity index (χ0v) is 16.7. The number of aliphatic hydroxyl groups excluding tert-OH is 1. The van der Waals surface area contributed by atoms with E-state index in [1.54, 1.807) is 7.11 Å². The van der Waals surface area contributed by atoms with Gasteiger partial charge in [0.1, 0.15) is 11.2 Å². The van der Waals surface area contributed by atoms with Crippen LogP contribution in [0.3, 0.4) is 0 Å². The summed E-state index contributed by atoms with van der Waals surface area (Å²) >= 11 is 0. The number of aromatic nitrogens is 1. The molecule has 6 heteroatoms. The predicted molar refractivity (Wildman–Crippen MR) is 106 cm³/mol. The van der Waals surface area contributed by atoms with E-state index in [9.17, 15) is 9.90 Å². The first-order chi connectivity index (χ1) is 13.5. The van der Waals surface area contributed by atoms with E-state index in [0.717, 1.165) is 54.7 Å². The molecule has 4 heterocycles. The Morgan fingerprint density at radius 2 is 2.21 bits per heavy atom. The first-order valence-corrected chi connectivity index (χ1v) is 10.2. The minimum atomic E-state index is -0.754. The number of rotatable bonds is 3. The van der Waals surface area contributed by atoms with Gasteiger partial charge < -0.3 is 19.6 Å². The number of nitrogens with one attached hydrogen (secondary N) is 1. The second-order valence-electron chi connectivity index (χ2n) is 8.75. The van der Waals surface area contributed by atoms with Crippen molar-refractivity contribution < 1.29 is 19.4 Å². The second kappa shape index (κ2) is 6.22. The van der Waals surface area contributed by atoms with E-state index in [0.29, 0.717) is 5.92 Å². The molecule has 150 valence electrons. The SMILES string of the molecule is COC(=O)[C@@]12C[C@@H]3C[C@H]([C@H](C)O)[C@@H]1N(CCc1c2[nH]c2cc(OC)ccc12)C3. The molecular weight excluding hydrogens is 356 g/mol. The van der Waals surface area contributed by atoms with Crippen LogP contribution in [0.15, 0.2) is 18.2 Å². The number of nitrogens with zero attached hydrogens (tertiary/aromatic N) is 1. The third-order valence-electron chi connectivity index (χ3n) is 7.39. The van der Waals surface area contributed by atoms with Crippen molar-refractivity contribution in [2.45, 2.75) is 43.7 Å². The van der Waals surface area contributed by atoms with Crippen molar-refractivity contribution in [2.75, 3.05) is 27.3 Å². The van der Waals surface area contributed by atoms with Gasteiger partial charge in [-0.05, 0) is 49.8 Å². The van der Waals surface area contributed by atoms with Gasteiger partial charge in [-0.25, -0.2) is 0 Å². The van der Waals surface area contributed by atoms with Crippen LogP contribution in [0.5, 0.6) is 5.75 Å². The van der Waals surface area contributed by atoms with Gasteiger partial charge in [-0.15, -0.1) is 0 Å². The first kappa shape index (κ1) is 18.0. The molecule has 3 aliphatic heterocycles. The lowest BCUT2D eigenvalue weighted by molar-refractivity contribution is -0.166. The number of piperidine rings is 2. The summed E-state index contributed by atoms with van der Waals surface area (Å²) in [6, 6.07) is 6.02. The first-order valence-electron chi connectivity index (χ1n) is 10.2. The number of aliphatic hydroxyl groups is 1. The number of ether oxygens (including phenoxy) is 2. The van der Waals surface area contributed by atoms with Crippen molar-refractivity contribution in [1.82, 2.24) is 9.88 Å². The van der Waals surface area contributed by atoms with Gasteiger partial charge in [-0.3, -0.25) is 9.69 Å². The predicted octanol–water partition coefficient (Wildman–Crippen LogP) is 2.23. The molecule has 28 heavy (non-hydrogen) atoms. The van der Waals surface area contributed by atoms with E-state index < -0.39 is 11.5 Å². The van der Waals surface area contributed by atoms with Crippen molar-refractivity contribution in [2.24, 2.45) is 11.8 Å². The van der Waals surface area contributed by atoms with Crippen LogP contribution in [-0.2, 0) is 21.4 Å². The zero-order valence-electron chi connectivity index (χ0n) is 16.7. The lowest BCUT2D eigenvalue weighted by Crippen LogP contribution is -2.68. The molecule has 6 atom stereocenters. The van der Waals surface area contributed by atoms with Gasteiger partial charge in [-0.2, -0.15) is 0 Å². The summed E-state index contributed by atoms with van der Waals surface area (Å²) in [5.74, 6) is 1.07. The number of aromatic amines is 1. The van der Waals surface area contributed by atoms with E-state index >= 15 is 0 Å². The van der Waals surface area contributed by atoms with Gasteiger partial charge in [0, 0.05) is 47.7 Å². The number of esters is 1. The lowest BCUT2D eigenvalue weighted by atomic mass is 9.56. The Balaban J connectivity index is 1.78. The molecule has 0 amide bonds. The van der Waals surface area contributed by atoms with Crippen LogP contribution in [0.1, 0.15) is 31.0 Å². The summed E-state index contributed by atoms with van der Waals surface area (Å²) < 4.78 is 10.8. The zero-order chi connectivity index (χ0) is 19.6. The monoisotopic (exact) mass is 384 g/mol. The Kier molecular flexibility index (Phi) is 4.00. The molecule has 2 N–H and O–H groups in total. The fourth-order valence-corrected chi connectivity index (χ4v) is 6.39. The number of hydrogen-bond acceptors (Lipinski definition) is 5. The van der Waals surface area contributed by atoms with E-state index in [1.165, 1.54) is 12.7 Å². The topological polar surface area (TPSA) is 74.8 Å². The number of hydrogen-bond donors (Lipinski definition) is 2. The van der Waals surface area contributed by atoms with Crippen molar-refractivity contribution >= 4 is 16.9 Å². The maximum atomic E-state index is 13.4. The number of benzene rings is 1. The van der Waals surface area contributed by atoms with Crippen LogP contribution < -0.4 is 4.74 Å². The van der Waals surface area contributed by atoms with Crippen molar-refractivity contribution in [3.8, 4) is 5.75 Å². The Morgan fingerprint density at radius 1 is 1.39 bits per heavy atom. The van der Waals surface area contributed by atoms with Crippen molar-refractivity contribution in [3.63, 3.8) is 0 Å². The van der Waals surface area contributed by atoms with Gasteiger partial charge in [0.25, 0.3) is 0 Å². The molecule has 2 aromatic rings. The molecule has 1 aromatic carbocycles. The van der Waals surface area contributed by atoms with E-state index in [1.807, 2.05) is 19.1 Å². The molecule has 3 fully saturated rings. The summed E-state index contributed by atoms with van der Waals surface area (Å²) in [5.41, 5.74) is 2.44. The smallest absolute Gasteiger partial charge is 0.319 e. The third-order valence-corrected chi connectivity index (χ3v) is 7.39. The number of fused-ring (bicyclic) bond motifs is 4. The summed E-state index contributed by atoms with van der Waals surface area (Å²) in [6.45, 7) is 3.76. The average Bonchev–Trinajstić information content (AvgIpc) is 3.04. The van der Waals surface area contributed by atoms with Gasteiger partial charge in [-0.1, -0.05) is 0 Å². The van der Waals surface area contributed by atoms with Gasteiger partial charge in [0.05, 0.1) is 20.3 Å². The largest absolute Gasteiger partial charge is 0.497 e. The maximum absolute atomic E-state index is 13.4. The highest BCUT2D eigenvalue weighted by atomic mass is 16.5. The average molecular weight is 384 g/mol. The van der Waals surface area contributed by atoms with Crippen molar-refractivity contribution in [3.05, 3.63) is 29.5 Å². The van der Waals surface area contributed by atoms with Crippen LogP contribution in [0.4, 0.5) is 0 Å². The molecule has 1 unspecified atom stereocenters. The Bertz CT molecular complexity index is 936. The number of methoxy groups -OCH3 is 2. The van der Waals surface area contributed by atoms with E-state index in [-0.39, 0.29) is 17.9 Å². The fourth-order valence-electron chi connectivity index (χ4n) is 6.39. The molecule has 0 spiro atoms. The molecule has 0 radical (unpaired) electrons. The molecule has 1 aliphatic carbocycles. The number of H-pyrrole nitrogens is 1. The van der Waals surface area contributed by atoms with Crippen LogP contribution in [0, 0.1) is 11.8 Å². The minimum Gasteiger partial charge on any atom is -0.497 e. The quantitative estimate of drug-likeness (QED) is 0.794. The highest BCUT2D eigenvalue weighted by Gasteiger charge is 2.63. The van der Waals surface area contributed by atoms with E-state index in [4.69, 9.17) is 9.47 Å². The summed E-state index contributed by atoms with van der Waals surface area (Å²) in [7, 11) is 3.15. The normalized spacial score (nSPS) is 34.6. The molecule has 2 saturated heterocycles. The molecule has 1 saturated carbocycles. The molecule has 6 nitrogen and oxygen atoms in total. The highest BCUT2D eigenvalue weighted by molar-refractivity contribution is 5.92. The fraction of sp³-hybridized carbons (Fsp3) is 0.591. The Labute approximate surface area is 164 Å². The molecule has 4 bridgehead atoms. The van der Waals surface area contributed by atoms with Gasteiger partial charge in [0.15, 0.2) is 0 Å². The minimum absolute atomic E-state index is 0.0406.